The normalized spacial score (nSPS) is 10.2. The van der Waals surface area contributed by atoms with Crippen LogP contribution in [0.15, 0.2) is 36.4 Å². The van der Waals surface area contributed by atoms with E-state index in [0.717, 1.165) is 6.07 Å². The molecule has 0 aliphatic rings. The number of halogens is 2. The number of nitro groups is 1. The number of non-ortho nitro benzene ring substituents is 1. The Morgan fingerprint density at radius 1 is 1.19 bits per heavy atom. The van der Waals surface area contributed by atoms with Crippen LogP contribution in [-0.2, 0) is 0 Å². The zero-order valence-electron chi connectivity index (χ0n) is 10.8. The van der Waals surface area contributed by atoms with E-state index in [1.807, 2.05) is 0 Å². The van der Waals surface area contributed by atoms with Crippen LogP contribution in [0.3, 0.4) is 0 Å². The highest BCUT2D eigenvalue weighted by Gasteiger charge is 2.17. The Bertz CT molecular complexity index is 731. The quantitative estimate of drug-likeness (QED) is 0.455. The van der Waals surface area contributed by atoms with Crippen molar-refractivity contribution in [3.63, 3.8) is 0 Å². The van der Waals surface area contributed by atoms with E-state index in [1.165, 1.54) is 19.1 Å². The first-order valence-electron chi connectivity index (χ1n) is 5.81. The smallest absolute Gasteiger partial charge is 0.270 e. The summed E-state index contributed by atoms with van der Waals surface area (Å²) in [6.07, 6.45) is 0. The van der Waals surface area contributed by atoms with Crippen molar-refractivity contribution < 1.29 is 14.5 Å². The number of Topliss-reactive ketones (excluding diaryl/α,β-unsaturated/α-hetero) is 1. The molecule has 2 aromatic rings. The van der Waals surface area contributed by atoms with Gasteiger partial charge in [-0.05, 0) is 25.1 Å². The van der Waals surface area contributed by atoms with Gasteiger partial charge in [0.25, 0.3) is 5.69 Å². The Labute approximate surface area is 130 Å². The van der Waals surface area contributed by atoms with Gasteiger partial charge in [-0.15, -0.1) is 0 Å². The molecule has 0 heterocycles. The number of nitrogens with zero attached hydrogens (tertiary/aromatic N) is 1. The van der Waals surface area contributed by atoms with Crippen LogP contribution in [0.4, 0.5) is 5.69 Å². The number of rotatable bonds is 4. The van der Waals surface area contributed by atoms with Crippen molar-refractivity contribution in [2.75, 3.05) is 0 Å². The Morgan fingerprint density at radius 3 is 2.52 bits per heavy atom. The molecule has 0 aromatic heterocycles. The number of carbonyl (C=O) groups excluding carboxylic acids is 1. The number of ether oxygens (including phenoxy) is 1. The molecule has 0 spiro atoms. The van der Waals surface area contributed by atoms with Gasteiger partial charge in [0.05, 0.1) is 15.5 Å². The molecule has 0 unspecified atom stereocenters. The molecule has 2 aromatic carbocycles. The van der Waals surface area contributed by atoms with E-state index in [0.29, 0.717) is 5.02 Å². The third-order valence-electron chi connectivity index (χ3n) is 2.69. The zero-order valence-corrected chi connectivity index (χ0v) is 12.3. The van der Waals surface area contributed by atoms with Crippen molar-refractivity contribution in [1.29, 1.82) is 0 Å². The average Bonchev–Trinajstić information content (AvgIpc) is 2.43. The summed E-state index contributed by atoms with van der Waals surface area (Å²) in [5, 5.41) is 11.3. The summed E-state index contributed by atoms with van der Waals surface area (Å²) in [5.74, 6) is 0.0876. The van der Waals surface area contributed by atoms with Crippen LogP contribution in [0, 0.1) is 10.1 Å². The highest BCUT2D eigenvalue weighted by molar-refractivity contribution is 6.42. The van der Waals surface area contributed by atoms with Gasteiger partial charge in [-0.3, -0.25) is 14.9 Å². The third kappa shape index (κ3) is 3.32. The van der Waals surface area contributed by atoms with Gasteiger partial charge in [-0.25, -0.2) is 0 Å². The van der Waals surface area contributed by atoms with Crippen molar-refractivity contribution in [3.8, 4) is 11.5 Å². The first kappa shape index (κ1) is 15.3. The standard InChI is InChI=1S/C14H9Cl2NO4/c1-8(18)10-7-9(17(19)20)5-6-12(10)21-13-4-2-3-11(15)14(13)16/h2-7H,1H3. The molecule has 21 heavy (non-hydrogen) atoms. The molecule has 0 fully saturated rings. The van der Waals surface area contributed by atoms with E-state index in [4.69, 9.17) is 27.9 Å². The maximum Gasteiger partial charge on any atom is 0.270 e. The van der Waals surface area contributed by atoms with Crippen LogP contribution < -0.4 is 4.74 Å². The molecular formula is C14H9Cl2NO4. The maximum absolute atomic E-state index is 11.6. The minimum Gasteiger partial charge on any atom is -0.455 e. The minimum atomic E-state index is -0.581. The number of hydrogen-bond donors (Lipinski definition) is 0. The Balaban J connectivity index is 2.46. The number of ketones is 1. The second-order valence-electron chi connectivity index (χ2n) is 4.15. The fourth-order valence-electron chi connectivity index (χ4n) is 1.68. The lowest BCUT2D eigenvalue weighted by Crippen LogP contribution is -1.99. The molecule has 7 heteroatoms. The summed E-state index contributed by atoms with van der Waals surface area (Å²) in [5.41, 5.74) is -0.0926. The highest BCUT2D eigenvalue weighted by Crippen LogP contribution is 2.36. The summed E-state index contributed by atoms with van der Waals surface area (Å²) >= 11 is 11.9. The topological polar surface area (TPSA) is 69.4 Å². The van der Waals surface area contributed by atoms with Crippen LogP contribution in [0.1, 0.15) is 17.3 Å². The van der Waals surface area contributed by atoms with Gasteiger partial charge in [0, 0.05) is 12.1 Å². The molecule has 5 nitrogen and oxygen atoms in total. The molecule has 0 radical (unpaired) electrons. The van der Waals surface area contributed by atoms with E-state index in [1.54, 1.807) is 18.2 Å². The largest absolute Gasteiger partial charge is 0.455 e. The molecule has 108 valence electrons. The highest BCUT2D eigenvalue weighted by atomic mass is 35.5. The summed E-state index contributed by atoms with van der Waals surface area (Å²) in [6, 6.07) is 8.59. The molecule has 0 atom stereocenters. The number of carbonyl (C=O) groups is 1. The predicted octanol–water partition coefficient (Wildman–Crippen LogP) is 4.90. The van der Waals surface area contributed by atoms with Gasteiger partial charge < -0.3 is 4.74 Å². The first-order chi connectivity index (χ1) is 9.90. The van der Waals surface area contributed by atoms with E-state index < -0.39 is 4.92 Å². The lowest BCUT2D eigenvalue weighted by Gasteiger charge is -2.11. The Hall–Kier alpha value is -2.11. The van der Waals surface area contributed by atoms with E-state index in [-0.39, 0.29) is 33.6 Å². The lowest BCUT2D eigenvalue weighted by atomic mass is 10.1. The minimum absolute atomic E-state index is 0.0974. The van der Waals surface area contributed by atoms with Gasteiger partial charge in [0.15, 0.2) is 5.78 Å². The van der Waals surface area contributed by atoms with Crippen molar-refractivity contribution in [1.82, 2.24) is 0 Å². The number of nitro benzene ring substituents is 1. The Morgan fingerprint density at radius 2 is 1.90 bits per heavy atom. The van der Waals surface area contributed by atoms with Gasteiger partial charge in [0.2, 0.25) is 0 Å². The average molecular weight is 326 g/mol. The number of hydrogen-bond acceptors (Lipinski definition) is 4. The third-order valence-corrected chi connectivity index (χ3v) is 3.49. The maximum atomic E-state index is 11.6. The van der Waals surface area contributed by atoms with Gasteiger partial charge in [0.1, 0.15) is 16.5 Å². The van der Waals surface area contributed by atoms with Crippen LogP contribution >= 0.6 is 23.2 Å². The second kappa shape index (κ2) is 6.11. The molecule has 0 saturated heterocycles. The van der Waals surface area contributed by atoms with E-state index in [9.17, 15) is 14.9 Å². The summed E-state index contributed by atoms with van der Waals surface area (Å²) in [4.78, 5) is 21.8. The summed E-state index contributed by atoms with van der Waals surface area (Å²) in [7, 11) is 0. The fourth-order valence-corrected chi connectivity index (χ4v) is 2.01. The molecule has 0 aliphatic carbocycles. The zero-order chi connectivity index (χ0) is 15.6. The van der Waals surface area contributed by atoms with Gasteiger partial charge >= 0.3 is 0 Å². The molecule has 0 aliphatic heterocycles. The first-order valence-corrected chi connectivity index (χ1v) is 6.57. The second-order valence-corrected chi connectivity index (χ2v) is 4.93. The summed E-state index contributed by atoms with van der Waals surface area (Å²) < 4.78 is 5.56. The van der Waals surface area contributed by atoms with Gasteiger partial charge in [-0.2, -0.15) is 0 Å². The van der Waals surface area contributed by atoms with E-state index >= 15 is 0 Å². The molecule has 0 bridgehead atoms. The summed E-state index contributed by atoms with van der Waals surface area (Å²) in [6.45, 7) is 1.30. The van der Waals surface area contributed by atoms with Crippen molar-refractivity contribution in [2.24, 2.45) is 0 Å². The predicted molar refractivity (Wildman–Crippen MR) is 79.6 cm³/mol. The fraction of sp³-hybridized carbons (Fsp3) is 0.0714. The molecular weight excluding hydrogens is 317 g/mol. The van der Waals surface area contributed by atoms with E-state index in [2.05, 4.69) is 0 Å². The SMILES string of the molecule is CC(=O)c1cc([N+](=O)[O-])ccc1Oc1cccc(Cl)c1Cl. The lowest BCUT2D eigenvalue weighted by molar-refractivity contribution is -0.384. The molecule has 0 N–H and O–H groups in total. The molecule has 0 amide bonds. The van der Waals surface area contributed by atoms with Crippen molar-refractivity contribution in [2.45, 2.75) is 6.92 Å². The van der Waals surface area contributed by atoms with Crippen molar-refractivity contribution >= 4 is 34.7 Å². The van der Waals surface area contributed by atoms with Crippen LogP contribution in [0.5, 0.6) is 11.5 Å². The van der Waals surface area contributed by atoms with Crippen LogP contribution in [0.25, 0.3) is 0 Å². The van der Waals surface area contributed by atoms with Crippen molar-refractivity contribution in [3.05, 3.63) is 62.1 Å². The Kier molecular flexibility index (Phi) is 4.45. The number of benzene rings is 2. The van der Waals surface area contributed by atoms with Crippen LogP contribution in [-0.4, -0.2) is 10.7 Å². The monoisotopic (exact) mass is 325 g/mol. The van der Waals surface area contributed by atoms with Crippen LogP contribution in [0.2, 0.25) is 10.0 Å². The molecule has 0 saturated carbocycles. The molecule has 2 rings (SSSR count). The van der Waals surface area contributed by atoms with Gasteiger partial charge in [-0.1, -0.05) is 29.3 Å².